The minimum absolute atomic E-state index is 0.0978. The molecule has 46 heavy (non-hydrogen) atoms. The van der Waals surface area contributed by atoms with Gasteiger partial charge in [-0.2, -0.15) is 10.5 Å². The molecule has 4 nitrogen and oxygen atoms in total. The summed E-state index contributed by atoms with van der Waals surface area (Å²) in [4.78, 5) is 0. The number of fused-ring (bicyclic) bond motifs is 9. The van der Waals surface area contributed by atoms with Crippen LogP contribution in [0.5, 0.6) is 0 Å². The standard InChI is InChI=1S/C42H29N3O/c1-41(2)34-10-6-4-8-28(34)31-20-32-30-15-13-26(19-39(30)46-40(32)21-35(31)41)27-14-12-25(23-43)18-38(27)45-36-11-7-5-9-29(36)33-22-42(3,24-44)17-16-37(33)45/h4-21H,22H2,1-3H3/t42-/m1/s1. The molecule has 0 radical (unpaired) electrons. The van der Waals surface area contributed by atoms with Gasteiger partial charge in [0.15, 0.2) is 0 Å². The van der Waals surface area contributed by atoms with Crippen LogP contribution in [0.2, 0.25) is 0 Å². The Bertz CT molecular complexity index is 2580. The summed E-state index contributed by atoms with van der Waals surface area (Å²) in [6, 6.07) is 38.8. The molecule has 0 amide bonds. The zero-order valence-corrected chi connectivity index (χ0v) is 25.8. The average molecular weight is 592 g/mol. The van der Waals surface area contributed by atoms with Gasteiger partial charge in [0.05, 0.1) is 34.3 Å². The van der Waals surface area contributed by atoms with Gasteiger partial charge < -0.3 is 8.98 Å². The molecule has 0 N–H and O–H groups in total. The monoisotopic (exact) mass is 591 g/mol. The number of para-hydroxylation sites is 1. The van der Waals surface area contributed by atoms with Crippen molar-refractivity contribution in [3.8, 4) is 40.1 Å². The van der Waals surface area contributed by atoms with E-state index in [1.54, 1.807) is 0 Å². The van der Waals surface area contributed by atoms with Gasteiger partial charge in [0.2, 0.25) is 0 Å². The van der Waals surface area contributed by atoms with Gasteiger partial charge in [-0.15, -0.1) is 0 Å². The second-order valence-corrected chi connectivity index (χ2v) is 13.5. The van der Waals surface area contributed by atoms with Crippen molar-refractivity contribution < 1.29 is 4.42 Å². The fraction of sp³-hybridized carbons (Fsp3) is 0.143. The Labute approximate surface area is 267 Å². The van der Waals surface area contributed by atoms with E-state index < -0.39 is 5.41 Å². The van der Waals surface area contributed by atoms with Crippen LogP contribution in [-0.4, -0.2) is 4.57 Å². The third-order valence-corrected chi connectivity index (χ3v) is 10.3. The van der Waals surface area contributed by atoms with Gasteiger partial charge in [-0.05, 0) is 95.3 Å². The molecule has 0 aliphatic heterocycles. The molecule has 0 bridgehead atoms. The van der Waals surface area contributed by atoms with E-state index in [0.29, 0.717) is 12.0 Å². The molecule has 0 fully saturated rings. The molecule has 2 aliphatic rings. The molecular formula is C42H29N3O. The normalized spacial score (nSPS) is 17.5. The molecule has 9 rings (SSSR count). The third kappa shape index (κ3) is 3.53. The zero-order valence-electron chi connectivity index (χ0n) is 25.8. The van der Waals surface area contributed by atoms with Crippen LogP contribution in [0.15, 0.2) is 108 Å². The van der Waals surface area contributed by atoms with Crippen LogP contribution in [0, 0.1) is 28.1 Å². The van der Waals surface area contributed by atoms with E-state index in [9.17, 15) is 10.5 Å². The van der Waals surface area contributed by atoms with Crippen LogP contribution >= 0.6 is 0 Å². The van der Waals surface area contributed by atoms with Crippen LogP contribution in [-0.2, 0) is 11.8 Å². The lowest BCUT2D eigenvalue weighted by Gasteiger charge is -2.23. The Morgan fingerprint density at radius 2 is 1.52 bits per heavy atom. The molecule has 5 aromatic carbocycles. The second-order valence-electron chi connectivity index (χ2n) is 13.5. The lowest BCUT2D eigenvalue weighted by molar-refractivity contribution is 0.562. The first-order chi connectivity index (χ1) is 22.3. The molecule has 1 atom stereocenters. The number of hydrogen-bond acceptors (Lipinski definition) is 3. The van der Waals surface area contributed by atoms with Crippen LogP contribution < -0.4 is 0 Å². The fourth-order valence-corrected chi connectivity index (χ4v) is 7.88. The van der Waals surface area contributed by atoms with Crippen molar-refractivity contribution in [2.45, 2.75) is 32.6 Å². The number of nitrogens with zero attached hydrogens (tertiary/aromatic N) is 3. The SMILES string of the molecule is CC1(C)c2ccccc2-c2cc3c(cc21)oc1cc(-c2ccc(C#N)cc2-n2c4c(c5ccccc52)C[C@](C)(C#N)C=C4)ccc13. The van der Waals surface area contributed by atoms with Crippen molar-refractivity contribution in [2.75, 3.05) is 0 Å². The van der Waals surface area contributed by atoms with Gasteiger partial charge in [0, 0.05) is 32.8 Å². The number of rotatable bonds is 2. The van der Waals surface area contributed by atoms with E-state index in [-0.39, 0.29) is 5.41 Å². The number of hydrogen-bond donors (Lipinski definition) is 0. The summed E-state index contributed by atoms with van der Waals surface area (Å²) in [5.41, 5.74) is 13.1. The number of furan rings is 1. The second kappa shape index (κ2) is 9.10. The molecule has 0 spiro atoms. The van der Waals surface area contributed by atoms with Gasteiger partial charge in [0.1, 0.15) is 11.2 Å². The van der Waals surface area contributed by atoms with Crippen molar-refractivity contribution >= 4 is 38.9 Å². The maximum absolute atomic E-state index is 9.94. The molecule has 2 aliphatic carbocycles. The van der Waals surface area contributed by atoms with Gasteiger partial charge in [-0.25, -0.2) is 0 Å². The summed E-state index contributed by atoms with van der Waals surface area (Å²) in [5.74, 6) is 0. The van der Waals surface area contributed by atoms with E-state index in [0.717, 1.165) is 60.9 Å². The summed E-state index contributed by atoms with van der Waals surface area (Å²) in [7, 11) is 0. The van der Waals surface area contributed by atoms with Crippen molar-refractivity contribution in [3.63, 3.8) is 0 Å². The van der Waals surface area contributed by atoms with Crippen LogP contribution in [0.1, 0.15) is 48.7 Å². The van der Waals surface area contributed by atoms with Gasteiger partial charge >= 0.3 is 0 Å². The molecule has 0 saturated heterocycles. The van der Waals surface area contributed by atoms with Crippen molar-refractivity contribution in [3.05, 3.63) is 131 Å². The van der Waals surface area contributed by atoms with E-state index >= 15 is 0 Å². The average Bonchev–Trinajstić information content (AvgIpc) is 3.68. The van der Waals surface area contributed by atoms with Crippen LogP contribution in [0.4, 0.5) is 0 Å². The van der Waals surface area contributed by atoms with E-state index in [2.05, 4.69) is 103 Å². The quantitative estimate of drug-likeness (QED) is 0.201. The summed E-state index contributed by atoms with van der Waals surface area (Å²) >= 11 is 0. The summed E-state index contributed by atoms with van der Waals surface area (Å²) in [5, 5.41) is 23.2. The largest absolute Gasteiger partial charge is 0.456 e. The Morgan fingerprint density at radius 1 is 0.717 bits per heavy atom. The topological polar surface area (TPSA) is 65.7 Å². The van der Waals surface area contributed by atoms with E-state index in [4.69, 9.17) is 4.42 Å². The van der Waals surface area contributed by atoms with E-state index in [1.807, 2.05) is 43.3 Å². The van der Waals surface area contributed by atoms with Crippen LogP contribution in [0.3, 0.4) is 0 Å². The van der Waals surface area contributed by atoms with Gasteiger partial charge in [-0.3, -0.25) is 0 Å². The Balaban J connectivity index is 1.26. The smallest absolute Gasteiger partial charge is 0.136 e. The first kappa shape index (κ1) is 26.6. The first-order valence-electron chi connectivity index (χ1n) is 15.7. The Kier molecular flexibility index (Phi) is 5.25. The minimum atomic E-state index is -0.566. The molecule has 218 valence electrons. The highest BCUT2D eigenvalue weighted by Gasteiger charge is 2.36. The highest BCUT2D eigenvalue weighted by Crippen LogP contribution is 2.51. The van der Waals surface area contributed by atoms with Crippen molar-refractivity contribution in [1.29, 1.82) is 10.5 Å². The van der Waals surface area contributed by atoms with Gasteiger partial charge in [0.25, 0.3) is 0 Å². The predicted octanol–water partition coefficient (Wildman–Crippen LogP) is 10.5. The lowest BCUT2D eigenvalue weighted by Crippen LogP contribution is -2.18. The summed E-state index contributed by atoms with van der Waals surface area (Å²) < 4.78 is 8.85. The summed E-state index contributed by atoms with van der Waals surface area (Å²) in [6.07, 6.45) is 4.72. The summed E-state index contributed by atoms with van der Waals surface area (Å²) in [6.45, 7) is 6.56. The molecular weight excluding hydrogens is 562 g/mol. The molecule has 0 saturated carbocycles. The number of allylic oxidation sites excluding steroid dienone is 1. The number of aromatic nitrogens is 1. The first-order valence-corrected chi connectivity index (χ1v) is 15.7. The molecule has 7 aromatic rings. The maximum Gasteiger partial charge on any atom is 0.136 e. The van der Waals surface area contributed by atoms with Gasteiger partial charge in [-0.1, -0.05) is 74.5 Å². The molecule has 2 heterocycles. The highest BCUT2D eigenvalue weighted by molar-refractivity contribution is 6.09. The molecule has 2 aromatic heterocycles. The van der Waals surface area contributed by atoms with E-state index in [1.165, 1.54) is 22.3 Å². The minimum Gasteiger partial charge on any atom is -0.456 e. The van der Waals surface area contributed by atoms with Crippen LogP contribution in [0.25, 0.3) is 66.9 Å². The fourth-order valence-electron chi connectivity index (χ4n) is 7.88. The lowest BCUT2D eigenvalue weighted by atomic mass is 9.80. The number of nitriles is 2. The third-order valence-electron chi connectivity index (χ3n) is 10.3. The Morgan fingerprint density at radius 3 is 2.37 bits per heavy atom. The number of benzene rings is 5. The maximum atomic E-state index is 9.94. The molecule has 4 heteroatoms. The Hall–Kier alpha value is -5.84. The van der Waals surface area contributed by atoms with Crippen molar-refractivity contribution in [2.24, 2.45) is 5.41 Å². The highest BCUT2D eigenvalue weighted by atomic mass is 16.3. The molecule has 0 unspecified atom stereocenters. The van der Waals surface area contributed by atoms with Crippen molar-refractivity contribution in [1.82, 2.24) is 4.57 Å². The zero-order chi connectivity index (χ0) is 31.4. The predicted molar refractivity (Wildman–Crippen MR) is 185 cm³/mol.